The molecule has 0 saturated heterocycles. The van der Waals surface area contributed by atoms with Gasteiger partial charge in [-0.2, -0.15) is 0 Å². The number of nitrogens with two attached hydrogens (primary N) is 1. The van der Waals surface area contributed by atoms with Crippen molar-refractivity contribution < 1.29 is 9.53 Å². The molecule has 2 rings (SSSR count). The van der Waals surface area contributed by atoms with Crippen molar-refractivity contribution in [2.24, 2.45) is 0 Å². The number of rotatable bonds is 3. The molecule has 1 unspecified atom stereocenters. The summed E-state index contributed by atoms with van der Waals surface area (Å²) < 4.78 is 6.57. The van der Waals surface area contributed by atoms with Gasteiger partial charge in [-0.25, -0.2) is 9.78 Å². The van der Waals surface area contributed by atoms with Crippen molar-refractivity contribution in [2.45, 2.75) is 13.0 Å². The average Bonchev–Trinajstić information content (AvgIpc) is 2.75. The van der Waals surface area contributed by atoms with Crippen molar-refractivity contribution in [2.75, 3.05) is 19.9 Å². The normalized spacial score (nSPS) is 12.6. The van der Waals surface area contributed by atoms with Crippen LogP contribution in [0.15, 0.2) is 18.3 Å². The maximum Gasteiger partial charge on any atom is 0.358 e. The highest BCUT2D eigenvalue weighted by Gasteiger charge is 2.20. The minimum absolute atomic E-state index is 0.0135. The first-order valence-electron chi connectivity index (χ1n) is 5.61. The Labute approximate surface area is 105 Å². The molecule has 0 saturated carbocycles. The molecule has 0 aromatic carbocycles. The van der Waals surface area contributed by atoms with Crippen molar-refractivity contribution in [1.29, 1.82) is 0 Å². The molecule has 6 heteroatoms. The minimum atomic E-state index is -0.465. The van der Waals surface area contributed by atoms with Crippen molar-refractivity contribution >= 4 is 17.2 Å². The number of nitrogens with one attached hydrogen (secondary N) is 1. The Morgan fingerprint density at radius 1 is 1.61 bits per heavy atom. The first-order valence-corrected chi connectivity index (χ1v) is 5.61. The first-order chi connectivity index (χ1) is 8.58. The number of ether oxygens (including phenoxy) is 1. The number of pyridine rings is 1. The quantitative estimate of drug-likeness (QED) is 0.791. The third kappa shape index (κ3) is 1.91. The van der Waals surface area contributed by atoms with Crippen LogP contribution in [0.1, 0.15) is 29.3 Å². The molecule has 6 nitrogen and oxygen atoms in total. The van der Waals surface area contributed by atoms with E-state index in [1.807, 2.05) is 18.4 Å². The van der Waals surface area contributed by atoms with Gasteiger partial charge in [0.2, 0.25) is 0 Å². The number of methoxy groups -OCH3 is 1. The molecule has 96 valence electrons. The van der Waals surface area contributed by atoms with Crippen LogP contribution >= 0.6 is 0 Å². The van der Waals surface area contributed by atoms with Crippen LogP contribution in [0.2, 0.25) is 0 Å². The van der Waals surface area contributed by atoms with Gasteiger partial charge in [0, 0.05) is 11.9 Å². The van der Waals surface area contributed by atoms with E-state index in [4.69, 9.17) is 10.5 Å². The number of esters is 1. The Kier molecular flexibility index (Phi) is 3.20. The number of carbonyl (C=O) groups is 1. The Hall–Kier alpha value is -2.08. The molecule has 0 aliphatic heterocycles. The zero-order valence-corrected chi connectivity index (χ0v) is 10.6. The first kappa shape index (κ1) is 12.4. The summed E-state index contributed by atoms with van der Waals surface area (Å²) in [5, 5.41) is 3.09. The lowest BCUT2D eigenvalue weighted by Crippen LogP contribution is -2.15. The Morgan fingerprint density at radius 3 is 2.94 bits per heavy atom. The molecule has 1 atom stereocenters. The molecule has 2 heterocycles. The maximum absolute atomic E-state index is 11.7. The zero-order valence-electron chi connectivity index (χ0n) is 10.6. The molecule has 0 amide bonds. The molecule has 18 heavy (non-hydrogen) atoms. The van der Waals surface area contributed by atoms with Crippen LogP contribution in [-0.2, 0) is 4.74 Å². The second-order valence-electron chi connectivity index (χ2n) is 4.04. The highest BCUT2D eigenvalue weighted by molar-refractivity contribution is 5.95. The van der Waals surface area contributed by atoms with Crippen LogP contribution in [-0.4, -0.2) is 29.5 Å². The number of nitrogen functional groups attached to an aromatic ring is 1. The van der Waals surface area contributed by atoms with E-state index in [1.54, 1.807) is 18.3 Å². The van der Waals surface area contributed by atoms with Crippen molar-refractivity contribution in [3.63, 3.8) is 0 Å². The predicted molar refractivity (Wildman–Crippen MR) is 68.4 cm³/mol. The number of carbonyl (C=O) groups excluding carboxylic acids is 1. The summed E-state index contributed by atoms with van der Waals surface area (Å²) in [7, 11) is 3.17. The number of hydrogen-bond donors (Lipinski definition) is 2. The minimum Gasteiger partial charge on any atom is -0.464 e. The summed E-state index contributed by atoms with van der Waals surface area (Å²) in [4.78, 5) is 16.0. The number of aromatic nitrogens is 2. The number of anilines is 1. The summed E-state index contributed by atoms with van der Waals surface area (Å²) in [6, 6.07) is 3.49. The van der Waals surface area contributed by atoms with Gasteiger partial charge in [0.05, 0.1) is 18.7 Å². The van der Waals surface area contributed by atoms with Crippen molar-refractivity contribution in [3.05, 3.63) is 29.8 Å². The van der Waals surface area contributed by atoms with Crippen molar-refractivity contribution in [3.8, 4) is 0 Å². The molecule has 0 spiro atoms. The van der Waals surface area contributed by atoms with Crippen LogP contribution in [0, 0.1) is 0 Å². The molecule has 0 aliphatic rings. The van der Waals surface area contributed by atoms with E-state index in [0.717, 1.165) is 5.82 Å². The van der Waals surface area contributed by atoms with Gasteiger partial charge in [0.25, 0.3) is 0 Å². The van der Waals surface area contributed by atoms with E-state index < -0.39 is 5.97 Å². The van der Waals surface area contributed by atoms with Crippen LogP contribution in [0.3, 0.4) is 0 Å². The van der Waals surface area contributed by atoms with Gasteiger partial charge in [-0.1, -0.05) is 0 Å². The van der Waals surface area contributed by atoms with Crippen LogP contribution in [0.5, 0.6) is 0 Å². The largest absolute Gasteiger partial charge is 0.464 e. The van der Waals surface area contributed by atoms with Gasteiger partial charge in [-0.15, -0.1) is 0 Å². The Bertz CT molecular complexity index is 591. The number of fused-ring (bicyclic) bond motifs is 1. The van der Waals surface area contributed by atoms with E-state index >= 15 is 0 Å². The van der Waals surface area contributed by atoms with Crippen LogP contribution < -0.4 is 11.1 Å². The fourth-order valence-electron chi connectivity index (χ4n) is 1.81. The number of hydrogen-bond acceptors (Lipinski definition) is 5. The summed E-state index contributed by atoms with van der Waals surface area (Å²) in [6.07, 6.45) is 1.80. The van der Waals surface area contributed by atoms with Gasteiger partial charge in [0.15, 0.2) is 5.69 Å². The molecule has 0 fully saturated rings. The smallest absolute Gasteiger partial charge is 0.358 e. The maximum atomic E-state index is 11.7. The van der Waals surface area contributed by atoms with Crippen LogP contribution in [0.4, 0.5) is 5.69 Å². The summed E-state index contributed by atoms with van der Waals surface area (Å²) in [5.74, 6) is 0.278. The molecular formula is C12H16N4O2. The molecule has 0 aliphatic carbocycles. The highest BCUT2D eigenvalue weighted by atomic mass is 16.5. The second kappa shape index (κ2) is 4.66. The lowest BCUT2D eigenvalue weighted by Gasteiger charge is -2.08. The third-order valence-corrected chi connectivity index (χ3v) is 2.89. The SMILES string of the molecule is CNC(C)c1nc(C(=O)OC)c2cc(N)ccn12. The van der Waals surface area contributed by atoms with Crippen molar-refractivity contribution in [1.82, 2.24) is 14.7 Å². The third-order valence-electron chi connectivity index (χ3n) is 2.89. The Balaban J connectivity index is 2.71. The lowest BCUT2D eigenvalue weighted by molar-refractivity contribution is 0.0596. The molecule has 2 aromatic rings. The van der Waals surface area contributed by atoms with E-state index in [0.29, 0.717) is 11.2 Å². The van der Waals surface area contributed by atoms with E-state index in [9.17, 15) is 4.79 Å². The van der Waals surface area contributed by atoms with Gasteiger partial charge in [-0.05, 0) is 26.1 Å². The number of nitrogens with zero attached hydrogens (tertiary/aromatic N) is 2. The summed E-state index contributed by atoms with van der Waals surface area (Å²) >= 11 is 0. The zero-order chi connectivity index (χ0) is 13.3. The standard InChI is InChI=1S/C12H16N4O2/c1-7(14-2)11-15-10(12(17)18-3)9-6-8(13)4-5-16(9)11/h4-7,14H,13H2,1-3H3. The molecule has 2 aromatic heterocycles. The van der Waals surface area contributed by atoms with E-state index in [2.05, 4.69) is 10.3 Å². The highest BCUT2D eigenvalue weighted by Crippen LogP contribution is 2.20. The topological polar surface area (TPSA) is 81.6 Å². The molecule has 0 bridgehead atoms. The van der Waals surface area contributed by atoms with E-state index in [1.165, 1.54) is 7.11 Å². The summed E-state index contributed by atoms with van der Waals surface area (Å²) in [5.41, 5.74) is 7.25. The molecule has 0 radical (unpaired) electrons. The fourth-order valence-corrected chi connectivity index (χ4v) is 1.81. The van der Waals surface area contributed by atoms with E-state index in [-0.39, 0.29) is 11.7 Å². The predicted octanol–water partition coefficient (Wildman–Crippen LogP) is 0.983. The molecular weight excluding hydrogens is 232 g/mol. The fraction of sp³-hybridized carbons (Fsp3) is 0.333. The van der Waals surface area contributed by atoms with Crippen LogP contribution in [0.25, 0.3) is 5.52 Å². The van der Waals surface area contributed by atoms with Gasteiger partial charge in [-0.3, -0.25) is 0 Å². The van der Waals surface area contributed by atoms with Gasteiger partial charge >= 0.3 is 5.97 Å². The van der Waals surface area contributed by atoms with Gasteiger partial charge < -0.3 is 20.2 Å². The average molecular weight is 248 g/mol. The second-order valence-corrected chi connectivity index (χ2v) is 4.04. The van der Waals surface area contributed by atoms with Gasteiger partial charge in [0.1, 0.15) is 5.82 Å². The monoisotopic (exact) mass is 248 g/mol. The molecule has 3 N–H and O–H groups in total. The Morgan fingerprint density at radius 2 is 2.33 bits per heavy atom. The summed E-state index contributed by atoms with van der Waals surface area (Å²) in [6.45, 7) is 1.96. The lowest BCUT2D eigenvalue weighted by atomic mass is 10.3. The number of imidazole rings is 1.